The zero-order chi connectivity index (χ0) is 20.4. The summed E-state index contributed by atoms with van der Waals surface area (Å²) in [7, 11) is 3.40. The molecule has 0 aliphatic heterocycles. The standard InChI is InChI=1S/C22H30N4O2/c1-16(2)12-21(27)26-19-10-7-8-17(13-19)14-24-22(23-3)25-15-18-9-5-6-11-20(18)28-4/h5-11,13,16H,12,14-15H2,1-4H3,(H,26,27)(H2,23,24,25). The molecule has 0 aromatic heterocycles. The number of aliphatic imine (C=N–C) groups is 1. The number of guanidine groups is 1. The van der Waals surface area contributed by atoms with E-state index in [-0.39, 0.29) is 5.91 Å². The Morgan fingerprint density at radius 3 is 2.54 bits per heavy atom. The molecule has 3 N–H and O–H groups in total. The first kappa shape index (κ1) is 21.3. The van der Waals surface area contributed by atoms with Gasteiger partial charge in [0, 0.05) is 37.8 Å². The molecule has 0 spiro atoms. The smallest absolute Gasteiger partial charge is 0.224 e. The first-order valence-electron chi connectivity index (χ1n) is 9.47. The van der Waals surface area contributed by atoms with E-state index in [1.807, 2.05) is 62.4 Å². The van der Waals surface area contributed by atoms with Gasteiger partial charge < -0.3 is 20.7 Å². The zero-order valence-electron chi connectivity index (χ0n) is 17.1. The third kappa shape index (κ3) is 6.95. The summed E-state index contributed by atoms with van der Waals surface area (Å²) in [4.78, 5) is 16.2. The van der Waals surface area contributed by atoms with E-state index in [2.05, 4.69) is 20.9 Å². The van der Waals surface area contributed by atoms with Crippen LogP contribution in [0.25, 0.3) is 0 Å². The average molecular weight is 383 g/mol. The lowest BCUT2D eigenvalue weighted by Gasteiger charge is -2.14. The molecule has 0 fully saturated rings. The number of rotatable bonds is 8. The molecule has 28 heavy (non-hydrogen) atoms. The minimum Gasteiger partial charge on any atom is -0.496 e. The fourth-order valence-corrected chi connectivity index (χ4v) is 2.78. The molecular formula is C22H30N4O2. The monoisotopic (exact) mass is 382 g/mol. The lowest BCUT2D eigenvalue weighted by atomic mass is 10.1. The minimum atomic E-state index is 0.0365. The van der Waals surface area contributed by atoms with Crippen LogP contribution in [0, 0.1) is 5.92 Å². The number of nitrogens with one attached hydrogen (secondary N) is 3. The Balaban J connectivity index is 1.89. The van der Waals surface area contributed by atoms with Gasteiger partial charge in [0.1, 0.15) is 5.75 Å². The van der Waals surface area contributed by atoms with E-state index in [1.165, 1.54) is 0 Å². The van der Waals surface area contributed by atoms with Crippen molar-refractivity contribution in [3.05, 3.63) is 59.7 Å². The molecule has 0 saturated carbocycles. The lowest BCUT2D eigenvalue weighted by molar-refractivity contribution is -0.116. The second-order valence-electron chi connectivity index (χ2n) is 6.94. The number of nitrogens with zero attached hydrogens (tertiary/aromatic N) is 1. The van der Waals surface area contributed by atoms with E-state index in [1.54, 1.807) is 14.2 Å². The van der Waals surface area contributed by atoms with Crippen molar-refractivity contribution in [3.63, 3.8) is 0 Å². The molecule has 2 aromatic carbocycles. The van der Waals surface area contributed by atoms with Crippen LogP contribution in [0.4, 0.5) is 5.69 Å². The SMILES string of the molecule is CN=C(NCc1cccc(NC(=O)CC(C)C)c1)NCc1ccccc1OC. The normalized spacial score (nSPS) is 11.2. The average Bonchev–Trinajstić information content (AvgIpc) is 2.68. The predicted octanol–water partition coefficient (Wildman–Crippen LogP) is 3.55. The van der Waals surface area contributed by atoms with Crippen LogP contribution in [-0.2, 0) is 17.9 Å². The fourth-order valence-electron chi connectivity index (χ4n) is 2.78. The number of hydrogen-bond donors (Lipinski definition) is 3. The molecule has 1 amide bonds. The molecule has 0 unspecified atom stereocenters. The molecule has 6 nitrogen and oxygen atoms in total. The topological polar surface area (TPSA) is 74.8 Å². The van der Waals surface area contributed by atoms with Crippen molar-refractivity contribution in [2.45, 2.75) is 33.4 Å². The number of carbonyl (C=O) groups excluding carboxylic acids is 1. The summed E-state index contributed by atoms with van der Waals surface area (Å²) in [6.45, 7) is 5.27. The van der Waals surface area contributed by atoms with Crippen LogP contribution < -0.4 is 20.7 Å². The number of benzene rings is 2. The van der Waals surface area contributed by atoms with Crippen molar-refractivity contribution in [1.29, 1.82) is 0 Å². The molecule has 0 bridgehead atoms. The van der Waals surface area contributed by atoms with Gasteiger partial charge in [-0.05, 0) is 29.7 Å². The minimum absolute atomic E-state index is 0.0365. The van der Waals surface area contributed by atoms with Gasteiger partial charge in [-0.3, -0.25) is 9.79 Å². The number of carbonyl (C=O) groups is 1. The van der Waals surface area contributed by atoms with Crippen LogP contribution in [0.15, 0.2) is 53.5 Å². The first-order valence-corrected chi connectivity index (χ1v) is 9.47. The maximum absolute atomic E-state index is 12.0. The van der Waals surface area contributed by atoms with Gasteiger partial charge in [0.05, 0.1) is 7.11 Å². The van der Waals surface area contributed by atoms with Crippen molar-refractivity contribution in [2.75, 3.05) is 19.5 Å². The largest absolute Gasteiger partial charge is 0.496 e. The summed E-state index contributed by atoms with van der Waals surface area (Å²) >= 11 is 0. The molecule has 0 aliphatic carbocycles. The summed E-state index contributed by atoms with van der Waals surface area (Å²) in [5.41, 5.74) is 2.92. The molecular weight excluding hydrogens is 352 g/mol. The van der Waals surface area contributed by atoms with Crippen molar-refractivity contribution in [3.8, 4) is 5.75 Å². The van der Waals surface area contributed by atoms with E-state index in [0.29, 0.717) is 31.4 Å². The van der Waals surface area contributed by atoms with Gasteiger partial charge >= 0.3 is 0 Å². The second-order valence-corrected chi connectivity index (χ2v) is 6.94. The third-order valence-corrected chi connectivity index (χ3v) is 4.13. The van der Waals surface area contributed by atoms with Gasteiger partial charge in [-0.25, -0.2) is 0 Å². The summed E-state index contributed by atoms with van der Waals surface area (Å²) in [6, 6.07) is 15.7. The van der Waals surface area contributed by atoms with Crippen LogP contribution in [0.5, 0.6) is 5.75 Å². The van der Waals surface area contributed by atoms with E-state index in [4.69, 9.17) is 4.74 Å². The zero-order valence-corrected chi connectivity index (χ0v) is 17.1. The van der Waals surface area contributed by atoms with Gasteiger partial charge in [-0.15, -0.1) is 0 Å². The van der Waals surface area contributed by atoms with Crippen LogP contribution >= 0.6 is 0 Å². The Labute approximate surface area is 167 Å². The number of ether oxygens (including phenoxy) is 1. The lowest BCUT2D eigenvalue weighted by Crippen LogP contribution is -2.36. The molecule has 2 rings (SSSR count). The number of amides is 1. The van der Waals surface area contributed by atoms with Crippen LogP contribution in [0.2, 0.25) is 0 Å². The van der Waals surface area contributed by atoms with Crippen molar-refractivity contribution in [2.24, 2.45) is 10.9 Å². The highest BCUT2D eigenvalue weighted by Gasteiger charge is 2.07. The second kappa shape index (κ2) is 11.0. The van der Waals surface area contributed by atoms with E-state index in [0.717, 1.165) is 22.6 Å². The van der Waals surface area contributed by atoms with Gasteiger partial charge in [-0.1, -0.05) is 44.2 Å². The molecule has 0 aliphatic rings. The highest BCUT2D eigenvalue weighted by molar-refractivity contribution is 5.90. The predicted molar refractivity (Wildman–Crippen MR) is 115 cm³/mol. The number of anilines is 1. The van der Waals surface area contributed by atoms with E-state index in [9.17, 15) is 4.79 Å². The number of methoxy groups -OCH3 is 1. The Morgan fingerprint density at radius 1 is 1.07 bits per heavy atom. The van der Waals surface area contributed by atoms with Gasteiger partial charge in [0.15, 0.2) is 5.96 Å². The Morgan fingerprint density at radius 2 is 1.82 bits per heavy atom. The summed E-state index contributed by atoms with van der Waals surface area (Å²) in [5, 5.41) is 9.53. The van der Waals surface area contributed by atoms with Crippen molar-refractivity contribution >= 4 is 17.6 Å². The molecule has 150 valence electrons. The highest BCUT2D eigenvalue weighted by atomic mass is 16.5. The first-order chi connectivity index (χ1) is 13.5. The number of hydrogen-bond acceptors (Lipinski definition) is 3. The quantitative estimate of drug-likeness (QED) is 0.482. The van der Waals surface area contributed by atoms with Crippen molar-refractivity contribution in [1.82, 2.24) is 10.6 Å². The molecule has 0 radical (unpaired) electrons. The van der Waals surface area contributed by atoms with Gasteiger partial charge in [-0.2, -0.15) is 0 Å². The van der Waals surface area contributed by atoms with E-state index >= 15 is 0 Å². The van der Waals surface area contributed by atoms with Crippen LogP contribution in [-0.4, -0.2) is 26.0 Å². The Kier molecular flexibility index (Phi) is 8.34. The van der Waals surface area contributed by atoms with Gasteiger partial charge in [0.2, 0.25) is 5.91 Å². The fraction of sp³-hybridized carbons (Fsp3) is 0.364. The van der Waals surface area contributed by atoms with Gasteiger partial charge in [0.25, 0.3) is 0 Å². The Hall–Kier alpha value is -3.02. The van der Waals surface area contributed by atoms with Crippen LogP contribution in [0.3, 0.4) is 0 Å². The third-order valence-electron chi connectivity index (χ3n) is 4.13. The molecule has 0 saturated heterocycles. The summed E-state index contributed by atoms with van der Waals surface area (Å²) in [5.74, 6) is 1.91. The van der Waals surface area contributed by atoms with Crippen LogP contribution in [0.1, 0.15) is 31.4 Å². The molecule has 2 aromatic rings. The number of para-hydroxylation sites is 1. The van der Waals surface area contributed by atoms with E-state index < -0.39 is 0 Å². The molecule has 6 heteroatoms. The summed E-state index contributed by atoms with van der Waals surface area (Å²) in [6.07, 6.45) is 0.516. The highest BCUT2D eigenvalue weighted by Crippen LogP contribution is 2.16. The molecule has 0 heterocycles. The maximum atomic E-state index is 12.0. The van der Waals surface area contributed by atoms with Crippen molar-refractivity contribution < 1.29 is 9.53 Å². The summed E-state index contributed by atoms with van der Waals surface area (Å²) < 4.78 is 5.37. The molecule has 0 atom stereocenters. The Bertz CT molecular complexity index is 803. The maximum Gasteiger partial charge on any atom is 0.224 e.